The van der Waals surface area contributed by atoms with Crippen LogP contribution in [-0.4, -0.2) is 16.5 Å². The highest BCUT2D eigenvalue weighted by atomic mass is 16.6. The fraction of sp³-hybridized carbons (Fsp3) is 0.429. The van der Waals surface area contributed by atoms with Gasteiger partial charge in [0.25, 0.3) is 0 Å². The molecule has 5 nitrogen and oxygen atoms in total. The molecule has 0 aromatic carbocycles. The smallest absolute Gasteiger partial charge is 0.133 e. The monoisotopic (exact) mass is 168 g/mol. The molecule has 0 radical (unpaired) electrons. The van der Waals surface area contributed by atoms with Crippen LogP contribution in [0.5, 0.6) is 0 Å². The fourth-order valence-electron chi connectivity index (χ4n) is 0.897. The van der Waals surface area contributed by atoms with Crippen LogP contribution < -0.4 is 11.6 Å². The van der Waals surface area contributed by atoms with Crippen LogP contribution in [0.1, 0.15) is 17.5 Å². The van der Waals surface area contributed by atoms with E-state index in [1.54, 1.807) is 6.07 Å². The quantitative estimate of drug-likeness (QED) is 0.604. The number of nitrogens with two attached hydrogens (primary N) is 2. The van der Waals surface area contributed by atoms with Gasteiger partial charge >= 0.3 is 0 Å². The third-order valence-electron chi connectivity index (χ3n) is 1.53. The first-order valence-electron chi connectivity index (χ1n) is 3.62. The third kappa shape index (κ3) is 1.97. The Morgan fingerprint density at radius 2 is 2.33 bits per heavy atom. The summed E-state index contributed by atoms with van der Waals surface area (Å²) in [6.45, 7) is 2.18. The highest BCUT2D eigenvalue weighted by molar-refractivity contribution is 5.09. The van der Waals surface area contributed by atoms with Gasteiger partial charge in [0.05, 0.1) is 5.69 Å². The first kappa shape index (κ1) is 9.05. The number of hydrogen-bond donors (Lipinski definition) is 2. The zero-order valence-electron chi connectivity index (χ0n) is 6.90. The molecule has 1 aromatic rings. The summed E-state index contributed by atoms with van der Waals surface area (Å²) in [4.78, 5) is 12.6. The molecule has 5 heteroatoms. The molecule has 1 heterocycles. The molecule has 0 aliphatic rings. The summed E-state index contributed by atoms with van der Waals surface area (Å²) in [5, 5.41) is 0. The van der Waals surface area contributed by atoms with Crippen LogP contribution in [0, 0.1) is 6.92 Å². The molecule has 0 aliphatic heterocycles. The molecule has 0 saturated heterocycles. The van der Waals surface area contributed by atoms with E-state index in [-0.39, 0.29) is 6.10 Å². The van der Waals surface area contributed by atoms with Gasteiger partial charge in [0.15, 0.2) is 0 Å². The van der Waals surface area contributed by atoms with Crippen LogP contribution in [0.15, 0.2) is 12.4 Å². The van der Waals surface area contributed by atoms with Crippen molar-refractivity contribution in [2.45, 2.75) is 13.0 Å². The van der Waals surface area contributed by atoms with Crippen molar-refractivity contribution >= 4 is 0 Å². The summed E-state index contributed by atoms with van der Waals surface area (Å²) in [7, 11) is 0. The van der Waals surface area contributed by atoms with E-state index in [9.17, 15) is 0 Å². The minimum atomic E-state index is -0.341. The van der Waals surface area contributed by atoms with Crippen LogP contribution in [0.25, 0.3) is 0 Å². The number of hydrogen-bond acceptors (Lipinski definition) is 5. The maximum atomic E-state index is 5.40. The Hall–Kier alpha value is -1.04. The van der Waals surface area contributed by atoms with E-state index in [0.29, 0.717) is 12.2 Å². The van der Waals surface area contributed by atoms with E-state index in [1.165, 1.54) is 6.33 Å². The van der Waals surface area contributed by atoms with Crippen molar-refractivity contribution in [3.63, 3.8) is 0 Å². The molecule has 1 aromatic heterocycles. The van der Waals surface area contributed by atoms with E-state index >= 15 is 0 Å². The molecule has 4 N–H and O–H groups in total. The molecule has 1 unspecified atom stereocenters. The van der Waals surface area contributed by atoms with Gasteiger partial charge < -0.3 is 5.73 Å². The lowest BCUT2D eigenvalue weighted by molar-refractivity contribution is 0.0559. The lowest BCUT2D eigenvalue weighted by Crippen LogP contribution is -2.20. The topological polar surface area (TPSA) is 87.0 Å². The van der Waals surface area contributed by atoms with Crippen LogP contribution in [0.3, 0.4) is 0 Å². The summed E-state index contributed by atoms with van der Waals surface area (Å²) >= 11 is 0. The largest absolute Gasteiger partial charge is 0.328 e. The van der Waals surface area contributed by atoms with E-state index in [2.05, 4.69) is 14.8 Å². The third-order valence-corrected chi connectivity index (χ3v) is 1.53. The number of aromatic nitrogens is 2. The molecular formula is C7H12N4O. The van der Waals surface area contributed by atoms with Crippen molar-refractivity contribution in [2.75, 3.05) is 6.54 Å². The van der Waals surface area contributed by atoms with Crippen molar-refractivity contribution in [3.05, 3.63) is 23.8 Å². The summed E-state index contributed by atoms with van der Waals surface area (Å²) < 4.78 is 0. The summed E-state index contributed by atoms with van der Waals surface area (Å²) in [5.41, 5.74) is 6.99. The van der Waals surface area contributed by atoms with Gasteiger partial charge in [-0.15, -0.1) is 0 Å². The molecule has 0 saturated carbocycles. The molecule has 0 spiro atoms. The Morgan fingerprint density at radius 3 is 2.83 bits per heavy atom. The maximum Gasteiger partial charge on any atom is 0.133 e. The number of nitrogens with zero attached hydrogens (tertiary/aromatic N) is 2. The van der Waals surface area contributed by atoms with Gasteiger partial charge in [-0.3, -0.25) is 4.84 Å². The van der Waals surface area contributed by atoms with E-state index in [1.807, 2.05) is 6.92 Å². The SMILES string of the molecule is Cc1cc(C(CN)ON)ncn1. The number of aryl methyl sites for hydroxylation is 1. The minimum Gasteiger partial charge on any atom is -0.328 e. The Balaban J connectivity index is 2.85. The molecule has 0 amide bonds. The van der Waals surface area contributed by atoms with Gasteiger partial charge in [-0.2, -0.15) is 0 Å². The standard InChI is InChI=1S/C7H12N4O/c1-5-2-6(11-4-10-5)7(3-8)12-9/h2,4,7H,3,8-9H2,1H3. The van der Waals surface area contributed by atoms with Crippen LogP contribution in [-0.2, 0) is 4.84 Å². The van der Waals surface area contributed by atoms with Gasteiger partial charge in [0, 0.05) is 12.2 Å². The fourth-order valence-corrected chi connectivity index (χ4v) is 0.897. The lowest BCUT2D eigenvalue weighted by atomic mass is 10.2. The molecular weight excluding hydrogens is 156 g/mol. The summed E-state index contributed by atoms with van der Waals surface area (Å²) in [5.74, 6) is 5.02. The molecule has 0 aliphatic carbocycles. The van der Waals surface area contributed by atoms with Crippen molar-refractivity contribution in [2.24, 2.45) is 11.6 Å². The van der Waals surface area contributed by atoms with E-state index in [4.69, 9.17) is 11.6 Å². The summed E-state index contributed by atoms with van der Waals surface area (Å²) in [6.07, 6.45) is 1.12. The number of rotatable bonds is 3. The average molecular weight is 168 g/mol. The second-order valence-electron chi connectivity index (χ2n) is 2.44. The second kappa shape index (κ2) is 4.10. The van der Waals surface area contributed by atoms with Crippen LogP contribution in [0.4, 0.5) is 0 Å². The van der Waals surface area contributed by atoms with Gasteiger partial charge in [-0.05, 0) is 13.0 Å². The van der Waals surface area contributed by atoms with Crippen LogP contribution >= 0.6 is 0 Å². The highest BCUT2D eigenvalue weighted by Crippen LogP contribution is 2.10. The summed E-state index contributed by atoms with van der Waals surface area (Å²) in [6, 6.07) is 1.80. The van der Waals surface area contributed by atoms with Gasteiger partial charge in [0.2, 0.25) is 0 Å². The zero-order valence-corrected chi connectivity index (χ0v) is 6.90. The normalized spacial score (nSPS) is 12.9. The van der Waals surface area contributed by atoms with Gasteiger partial charge in [-0.25, -0.2) is 15.9 Å². The minimum absolute atomic E-state index is 0.312. The van der Waals surface area contributed by atoms with Gasteiger partial charge in [-0.1, -0.05) is 0 Å². The van der Waals surface area contributed by atoms with E-state index in [0.717, 1.165) is 5.69 Å². The Bertz CT molecular complexity index is 249. The lowest BCUT2D eigenvalue weighted by Gasteiger charge is -2.10. The molecule has 0 bridgehead atoms. The predicted molar refractivity (Wildman–Crippen MR) is 43.8 cm³/mol. The van der Waals surface area contributed by atoms with Crippen LogP contribution in [0.2, 0.25) is 0 Å². The zero-order chi connectivity index (χ0) is 8.97. The van der Waals surface area contributed by atoms with Crippen molar-refractivity contribution in [1.29, 1.82) is 0 Å². The highest BCUT2D eigenvalue weighted by Gasteiger charge is 2.09. The molecule has 0 fully saturated rings. The molecule has 12 heavy (non-hydrogen) atoms. The van der Waals surface area contributed by atoms with Crippen molar-refractivity contribution in [3.8, 4) is 0 Å². The van der Waals surface area contributed by atoms with Crippen molar-refractivity contribution in [1.82, 2.24) is 9.97 Å². The Labute approximate surface area is 70.7 Å². The Morgan fingerprint density at radius 1 is 1.58 bits per heavy atom. The Kier molecular flexibility index (Phi) is 3.09. The van der Waals surface area contributed by atoms with Crippen molar-refractivity contribution < 1.29 is 4.84 Å². The molecule has 66 valence electrons. The maximum absolute atomic E-state index is 5.40. The van der Waals surface area contributed by atoms with E-state index < -0.39 is 0 Å². The molecule has 1 rings (SSSR count). The average Bonchev–Trinajstić information content (AvgIpc) is 2.07. The first-order chi connectivity index (χ1) is 5.77. The van der Waals surface area contributed by atoms with Gasteiger partial charge in [0.1, 0.15) is 12.4 Å². The predicted octanol–water partition coefficient (Wildman–Crippen LogP) is -0.325. The second-order valence-corrected chi connectivity index (χ2v) is 2.44. The first-order valence-corrected chi connectivity index (χ1v) is 3.62. The molecule has 1 atom stereocenters.